The first-order chi connectivity index (χ1) is 10.3. The Morgan fingerprint density at radius 2 is 2.24 bits per heavy atom. The largest absolute Gasteiger partial charge is 0.310 e. The van der Waals surface area contributed by atoms with Crippen molar-refractivity contribution < 1.29 is 0 Å². The van der Waals surface area contributed by atoms with E-state index in [0.717, 1.165) is 30.2 Å². The number of hydrogen-bond donors (Lipinski definition) is 1. The summed E-state index contributed by atoms with van der Waals surface area (Å²) in [5, 5.41) is 9.13. The molecule has 1 N–H and O–H groups in total. The van der Waals surface area contributed by atoms with Crippen molar-refractivity contribution >= 4 is 22.4 Å². The van der Waals surface area contributed by atoms with Gasteiger partial charge in [0, 0.05) is 33.9 Å². The lowest BCUT2D eigenvalue weighted by molar-refractivity contribution is 0.685. The van der Waals surface area contributed by atoms with Crippen LogP contribution in [0.3, 0.4) is 0 Å². The van der Waals surface area contributed by atoms with Crippen LogP contribution in [0.5, 0.6) is 0 Å². The molecule has 3 heterocycles. The molecular weight excluding hydrogens is 280 g/mol. The van der Waals surface area contributed by atoms with Crippen LogP contribution in [0.2, 0.25) is 0 Å². The minimum Gasteiger partial charge on any atom is -0.310 e. The van der Waals surface area contributed by atoms with Gasteiger partial charge in [0.25, 0.3) is 0 Å². The fraction of sp³-hybridized carbons (Fsp3) is 0.375. The number of nitrogens with zero attached hydrogens (tertiary/aromatic N) is 3. The summed E-state index contributed by atoms with van der Waals surface area (Å²) in [4.78, 5) is 7.26. The second-order valence-corrected chi connectivity index (χ2v) is 7.10. The van der Waals surface area contributed by atoms with E-state index in [0.29, 0.717) is 0 Å². The molecule has 0 radical (unpaired) electrons. The van der Waals surface area contributed by atoms with Crippen molar-refractivity contribution in [3.8, 4) is 0 Å². The minimum absolute atomic E-state index is 0.727. The van der Waals surface area contributed by atoms with Gasteiger partial charge in [-0.2, -0.15) is 5.10 Å². The van der Waals surface area contributed by atoms with Crippen LogP contribution in [0, 0.1) is 6.92 Å². The number of rotatable bonds is 5. The molecule has 0 bridgehead atoms. The molecule has 0 amide bonds. The Bertz CT molecular complexity index is 770. The van der Waals surface area contributed by atoms with E-state index in [1.165, 1.54) is 28.2 Å². The topological polar surface area (TPSA) is 42.7 Å². The van der Waals surface area contributed by atoms with Crippen LogP contribution in [-0.4, -0.2) is 20.8 Å². The number of aromatic nitrogens is 3. The molecule has 0 saturated heterocycles. The predicted molar refractivity (Wildman–Crippen MR) is 85.5 cm³/mol. The van der Waals surface area contributed by atoms with Crippen LogP contribution in [0.4, 0.5) is 0 Å². The highest BCUT2D eigenvalue weighted by molar-refractivity contribution is 7.11. The number of nitrogens with one attached hydrogen (secondary N) is 1. The monoisotopic (exact) mass is 298 g/mol. The van der Waals surface area contributed by atoms with Crippen LogP contribution in [0.15, 0.2) is 30.6 Å². The predicted octanol–water partition coefficient (Wildman–Crippen LogP) is 3.10. The molecule has 5 heteroatoms. The van der Waals surface area contributed by atoms with Gasteiger partial charge in [-0.3, -0.25) is 0 Å². The smallest absolute Gasteiger partial charge is 0.158 e. The van der Waals surface area contributed by atoms with E-state index in [2.05, 4.69) is 40.5 Å². The van der Waals surface area contributed by atoms with Crippen LogP contribution in [0.25, 0.3) is 11.0 Å². The summed E-state index contributed by atoms with van der Waals surface area (Å²) in [6.45, 7) is 3.84. The van der Waals surface area contributed by atoms with E-state index in [-0.39, 0.29) is 0 Å². The summed E-state index contributed by atoms with van der Waals surface area (Å²) in [6, 6.07) is 7.24. The van der Waals surface area contributed by atoms with Gasteiger partial charge < -0.3 is 5.32 Å². The van der Waals surface area contributed by atoms with Crippen molar-refractivity contribution in [3.63, 3.8) is 0 Å². The Kier molecular flexibility index (Phi) is 3.24. The Hall–Kier alpha value is -1.72. The molecule has 1 aliphatic rings. The van der Waals surface area contributed by atoms with Gasteiger partial charge in [-0.15, -0.1) is 11.3 Å². The van der Waals surface area contributed by atoms with Crippen molar-refractivity contribution in [1.82, 2.24) is 20.1 Å². The average molecular weight is 298 g/mol. The average Bonchev–Trinajstić information content (AvgIpc) is 3.11. The van der Waals surface area contributed by atoms with Gasteiger partial charge in [0.1, 0.15) is 0 Å². The van der Waals surface area contributed by atoms with Crippen molar-refractivity contribution in [1.29, 1.82) is 0 Å². The highest BCUT2D eigenvalue weighted by Gasteiger charge is 2.20. The number of hydrogen-bond acceptors (Lipinski definition) is 4. The molecule has 3 aromatic rings. The number of thiophene rings is 1. The van der Waals surface area contributed by atoms with Crippen LogP contribution < -0.4 is 5.32 Å². The molecule has 0 aliphatic heterocycles. The highest BCUT2D eigenvalue weighted by atomic mass is 32.1. The molecule has 4 nitrogen and oxygen atoms in total. The van der Waals surface area contributed by atoms with E-state index in [1.807, 2.05) is 28.4 Å². The second-order valence-electron chi connectivity index (χ2n) is 5.73. The third kappa shape index (κ3) is 2.84. The Morgan fingerprint density at radius 3 is 3.00 bits per heavy atom. The SMILES string of the molecule is Cc1ccc(Cn2ncc3cc(CNC4CC4)cnc32)s1. The number of fused-ring (bicyclic) bond motifs is 1. The van der Waals surface area contributed by atoms with E-state index in [9.17, 15) is 0 Å². The summed E-state index contributed by atoms with van der Waals surface area (Å²) in [6.07, 6.45) is 6.51. The minimum atomic E-state index is 0.727. The first-order valence-electron chi connectivity index (χ1n) is 7.37. The van der Waals surface area contributed by atoms with Gasteiger partial charge in [0.15, 0.2) is 5.65 Å². The zero-order chi connectivity index (χ0) is 14.2. The molecule has 1 fully saturated rings. The molecule has 0 unspecified atom stereocenters. The quantitative estimate of drug-likeness (QED) is 0.787. The highest BCUT2D eigenvalue weighted by Crippen LogP contribution is 2.21. The van der Waals surface area contributed by atoms with E-state index in [1.54, 1.807) is 0 Å². The summed E-state index contributed by atoms with van der Waals surface area (Å²) in [5.41, 5.74) is 2.21. The van der Waals surface area contributed by atoms with Gasteiger partial charge in [0.05, 0.1) is 12.7 Å². The third-order valence-electron chi connectivity index (χ3n) is 3.81. The Morgan fingerprint density at radius 1 is 1.33 bits per heavy atom. The first kappa shape index (κ1) is 13.0. The lowest BCUT2D eigenvalue weighted by Gasteiger charge is -2.04. The molecule has 21 heavy (non-hydrogen) atoms. The molecule has 0 spiro atoms. The maximum atomic E-state index is 4.61. The standard InChI is InChI=1S/C16H18N4S/c1-11-2-5-15(21-11)10-20-16-13(9-19-20)6-12(8-18-16)7-17-14-3-4-14/h2,5-6,8-9,14,17H,3-4,7,10H2,1H3. The maximum Gasteiger partial charge on any atom is 0.158 e. The lowest BCUT2D eigenvalue weighted by atomic mass is 10.2. The lowest BCUT2D eigenvalue weighted by Crippen LogP contribution is -2.15. The molecule has 1 saturated carbocycles. The summed E-state index contributed by atoms with van der Waals surface area (Å²) in [7, 11) is 0. The third-order valence-corrected chi connectivity index (χ3v) is 4.79. The van der Waals surface area contributed by atoms with Gasteiger partial charge in [-0.25, -0.2) is 9.67 Å². The molecule has 0 atom stereocenters. The molecule has 108 valence electrons. The van der Waals surface area contributed by atoms with Crippen molar-refractivity contribution in [2.75, 3.05) is 0 Å². The maximum absolute atomic E-state index is 4.61. The van der Waals surface area contributed by atoms with Crippen molar-refractivity contribution in [3.05, 3.63) is 45.9 Å². The molecule has 3 aromatic heterocycles. The van der Waals surface area contributed by atoms with Crippen molar-refractivity contribution in [2.24, 2.45) is 0 Å². The summed E-state index contributed by atoms with van der Waals surface area (Å²) >= 11 is 1.82. The summed E-state index contributed by atoms with van der Waals surface area (Å²) in [5.74, 6) is 0. The van der Waals surface area contributed by atoms with Gasteiger partial charge in [-0.1, -0.05) is 0 Å². The fourth-order valence-electron chi connectivity index (χ4n) is 2.50. The van der Waals surface area contributed by atoms with E-state index >= 15 is 0 Å². The van der Waals surface area contributed by atoms with Gasteiger partial charge in [-0.05, 0) is 43.5 Å². The normalized spacial score (nSPS) is 14.9. The number of pyridine rings is 1. The Balaban J connectivity index is 1.56. The van der Waals surface area contributed by atoms with E-state index in [4.69, 9.17) is 0 Å². The van der Waals surface area contributed by atoms with Crippen LogP contribution in [-0.2, 0) is 13.1 Å². The first-order valence-corrected chi connectivity index (χ1v) is 8.19. The second kappa shape index (κ2) is 5.24. The zero-order valence-electron chi connectivity index (χ0n) is 12.0. The molecule has 0 aromatic carbocycles. The fourth-order valence-corrected chi connectivity index (χ4v) is 3.37. The molecular formula is C16H18N4S. The van der Waals surface area contributed by atoms with Crippen LogP contribution >= 0.6 is 11.3 Å². The Labute approximate surface area is 127 Å². The number of aryl methyl sites for hydroxylation is 1. The van der Waals surface area contributed by atoms with Crippen molar-refractivity contribution in [2.45, 2.75) is 38.9 Å². The zero-order valence-corrected chi connectivity index (χ0v) is 12.9. The summed E-state index contributed by atoms with van der Waals surface area (Å²) < 4.78 is 1.98. The molecule has 4 rings (SSSR count). The van der Waals surface area contributed by atoms with Gasteiger partial charge in [0.2, 0.25) is 0 Å². The van der Waals surface area contributed by atoms with Crippen LogP contribution in [0.1, 0.15) is 28.2 Å². The molecule has 1 aliphatic carbocycles. The van der Waals surface area contributed by atoms with Gasteiger partial charge >= 0.3 is 0 Å². The van der Waals surface area contributed by atoms with E-state index < -0.39 is 0 Å².